The minimum absolute atomic E-state index is 0.125. The topological polar surface area (TPSA) is 63.2 Å². The van der Waals surface area contributed by atoms with Gasteiger partial charge >= 0.3 is 5.97 Å². The fraction of sp³-hybridized carbons (Fsp3) is 0.864. The molecule has 0 aliphatic carbocycles. The fourth-order valence-corrected chi connectivity index (χ4v) is 2.60. The lowest BCUT2D eigenvalue weighted by Gasteiger charge is -2.07. The van der Waals surface area contributed by atoms with E-state index in [1.165, 1.54) is 51.2 Å². The molecule has 0 aromatic carbocycles. The van der Waals surface area contributed by atoms with Gasteiger partial charge in [-0.3, -0.25) is 4.79 Å². The Kier molecular flexibility index (Phi) is 23.0. The Hall–Kier alpha value is -1.11. The molecule has 0 spiro atoms. The van der Waals surface area contributed by atoms with Gasteiger partial charge in [0, 0.05) is 6.42 Å². The largest absolute Gasteiger partial charge is 0.499 e. The van der Waals surface area contributed by atoms with Gasteiger partial charge in [0.25, 0.3) is 0 Å². The van der Waals surface area contributed by atoms with E-state index in [1.807, 2.05) is 0 Å². The standard InChI is InChI=1S/C22H42O6/c1-3-5-6-7-8-9-10-11-12-13-22(23)28-21-20-27-19-18-26-17-16-25-15-14-24-4-2/h4H,2-3,5-21H2,1H3. The van der Waals surface area contributed by atoms with Crippen LogP contribution >= 0.6 is 0 Å². The zero-order valence-corrected chi connectivity index (χ0v) is 18.0. The summed E-state index contributed by atoms with van der Waals surface area (Å²) in [5.74, 6) is -0.125. The van der Waals surface area contributed by atoms with Crippen molar-refractivity contribution in [2.75, 3.05) is 52.9 Å². The number of ether oxygens (including phenoxy) is 5. The Bertz CT molecular complexity index is 335. The molecule has 0 fully saturated rings. The lowest BCUT2D eigenvalue weighted by atomic mass is 10.1. The molecule has 0 saturated carbocycles. The van der Waals surface area contributed by atoms with Gasteiger partial charge in [-0.05, 0) is 6.42 Å². The lowest BCUT2D eigenvalue weighted by Crippen LogP contribution is -2.14. The highest BCUT2D eigenvalue weighted by Gasteiger charge is 2.02. The molecule has 0 unspecified atom stereocenters. The first-order valence-electron chi connectivity index (χ1n) is 10.9. The lowest BCUT2D eigenvalue weighted by molar-refractivity contribution is -0.145. The highest BCUT2D eigenvalue weighted by molar-refractivity contribution is 5.69. The van der Waals surface area contributed by atoms with Gasteiger partial charge < -0.3 is 23.7 Å². The second kappa shape index (κ2) is 23.9. The molecule has 0 radical (unpaired) electrons. The molecule has 6 heteroatoms. The van der Waals surface area contributed by atoms with Crippen LogP contribution in [0.15, 0.2) is 12.8 Å². The summed E-state index contributed by atoms with van der Waals surface area (Å²) in [4.78, 5) is 11.6. The maximum Gasteiger partial charge on any atom is 0.305 e. The van der Waals surface area contributed by atoms with E-state index in [1.54, 1.807) is 0 Å². The van der Waals surface area contributed by atoms with Gasteiger partial charge in [-0.15, -0.1) is 0 Å². The Morgan fingerprint density at radius 1 is 0.679 bits per heavy atom. The van der Waals surface area contributed by atoms with Crippen molar-refractivity contribution < 1.29 is 28.5 Å². The summed E-state index contributed by atoms with van der Waals surface area (Å²) < 4.78 is 26.1. The van der Waals surface area contributed by atoms with Gasteiger partial charge in [0.1, 0.15) is 13.2 Å². The first-order valence-corrected chi connectivity index (χ1v) is 10.9. The summed E-state index contributed by atoms with van der Waals surface area (Å²) in [5.41, 5.74) is 0. The molecule has 0 rings (SSSR count). The first-order chi connectivity index (χ1) is 13.8. The van der Waals surface area contributed by atoms with Crippen molar-refractivity contribution in [3.05, 3.63) is 12.8 Å². The molecular weight excluding hydrogens is 360 g/mol. The molecule has 0 heterocycles. The van der Waals surface area contributed by atoms with E-state index in [2.05, 4.69) is 13.5 Å². The maximum atomic E-state index is 11.6. The van der Waals surface area contributed by atoms with E-state index < -0.39 is 0 Å². The summed E-state index contributed by atoms with van der Waals surface area (Å²) in [6, 6.07) is 0. The number of unbranched alkanes of at least 4 members (excludes halogenated alkanes) is 8. The van der Waals surface area contributed by atoms with E-state index in [4.69, 9.17) is 23.7 Å². The molecule has 0 aromatic rings. The Labute approximate surface area is 171 Å². The number of hydrogen-bond donors (Lipinski definition) is 0. The van der Waals surface area contributed by atoms with E-state index in [-0.39, 0.29) is 5.97 Å². The van der Waals surface area contributed by atoms with Crippen molar-refractivity contribution in [3.63, 3.8) is 0 Å². The Balaban J connectivity index is 3.14. The van der Waals surface area contributed by atoms with Crippen molar-refractivity contribution in [2.45, 2.75) is 71.1 Å². The molecule has 28 heavy (non-hydrogen) atoms. The van der Waals surface area contributed by atoms with Crippen LogP contribution in [0.3, 0.4) is 0 Å². The predicted molar refractivity (Wildman–Crippen MR) is 111 cm³/mol. The van der Waals surface area contributed by atoms with Crippen LogP contribution in [0, 0.1) is 0 Å². The smallest absolute Gasteiger partial charge is 0.305 e. The van der Waals surface area contributed by atoms with Gasteiger partial charge in [0.05, 0.1) is 45.9 Å². The minimum Gasteiger partial charge on any atom is -0.499 e. The van der Waals surface area contributed by atoms with Crippen LogP contribution in [0.1, 0.15) is 71.1 Å². The van der Waals surface area contributed by atoms with E-state index in [9.17, 15) is 4.79 Å². The zero-order chi connectivity index (χ0) is 20.5. The summed E-state index contributed by atoms with van der Waals surface area (Å²) in [7, 11) is 0. The van der Waals surface area contributed by atoms with Gasteiger partial charge in [-0.2, -0.15) is 0 Å². The molecule has 0 aliphatic heterocycles. The normalized spacial score (nSPS) is 10.8. The molecule has 0 atom stereocenters. The average molecular weight is 403 g/mol. The molecule has 0 aliphatic rings. The molecule has 0 bridgehead atoms. The van der Waals surface area contributed by atoms with Crippen molar-refractivity contribution in [1.82, 2.24) is 0 Å². The number of hydrogen-bond acceptors (Lipinski definition) is 6. The van der Waals surface area contributed by atoms with Gasteiger partial charge in [0.15, 0.2) is 0 Å². The molecular formula is C22H42O6. The van der Waals surface area contributed by atoms with Gasteiger partial charge in [-0.25, -0.2) is 0 Å². The second-order valence-corrected chi connectivity index (χ2v) is 6.67. The number of esters is 1. The van der Waals surface area contributed by atoms with Crippen LogP contribution in [0.4, 0.5) is 0 Å². The molecule has 0 aromatic heterocycles. The molecule has 166 valence electrons. The zero-order valence-electron chi connectivity index (χ0n) is 18.0. The van der Waals surface area contributed by atoms with Crippen LogP contribution in [0.5, 0.6) is 0 Å². The fourth-order valence-electron chi connectivity index (χ4n) is 2.60. The van der Waals surface area contributed by atoms with Crippen molar-refractivity contribution in [1.29, 1.82) is 0 Å². The van der Waals surface area contributed by atoms with Crippen molar-refractivity contribution >= 4 is 5.97 Å². The molecule has 6 nitrogen and oxygen atoms in total. The third kappa shape index (κ3) is 22.9. The summed E-state index contributed by atoms with van der Waals surface area (Å²) in [6.45, 7) is 9.45. The number of carbonyl (C=O) groups is 1. The molecule has 0 N–H and O–H groups in total. The highest BCUT2D eigenvalue weighted by atomic mass is 16.6. The Morgan fingerprint density at radius 2 is 1.14 bits per heavy atom. The number of rotatable bonds is 23. The minimum atomic E-state index is -0.125. The van der Waals surface area contributed by atoms with Crippen LogP contribution in [0.25, 0.3) is 0 Å². The highest BCUT2D eigenvalue weighted by Crippen LogP contribution is 2.10. The van der Waals surface area contributed by atoms with Crippen LogP contribution < -0.4 is 0 Å². The Morgan fingerprint density at radius 3 is 1.68 bits per heavy atom. The molecule has 0 saturated heterocycles. The summed E-state index contributed by atoms with van der Waals surface area (Å²) in [6.07, 6.45) is 13.1. The van der Waals surface area contributed by atoms with E-state index in [0.717, 1.165) is 12.8 Å². The number of carbonyl (C=O) groups excluding carboxylic acids is 1. The predicted octanol–water partition coefficient (Wildman–Crippen LogP) is 4.66. The van der Waals surface area contributed by atoms with Gasteiger partial charge in [-0.1, -0.05) is 64.9 Å². The van der Waals surface area contributed by atoms with Gasteiger partial charge in [0.2, 0.25) is 0 Å². The summed E-state index contributed by atoms with van der Waals surface area (Å²) >= 11 is 0. The van der Waals surface area contributed by atoms with Crippen molar-refractivity contribution in [3.8, 4) is 0 Å². The SMILES string of the molecule is C=COCCOCCOCCOCCOC(=O)CCCCCCCCCCC. The second-order valence-electron chi connectivity index (χ2n) is 6.67. The average Bonchev–Trinajstić information content (AvgIpc) is 2.70. The van der Waals surface area contributed by atoms with Crippen LogP contribution in [0.2, 0.25) is 0 Å². The maximum absolute atomic E-state index is 11.6. The van der Waals surface area contributed by atoms with Crippen LogP contribution in [-0.2, 0) is 28.5 Å². The quantitative estimate of drug-likeness (QED) is 0.141. The van der Waals surface area contributed by atoms with Crippen LogP contribution in [-0.4, -0.2) is 58.8 Å². The molecule has 0 amide bonds. The summed E-state index contributed by atoms with van der Waals surface area (Å²) in [5, 5.41) is 0. The van der Waals surface area contributed by atoms with Crippen molar-refractivity contribution in [2.24, 2.45) is 0 Å². The monoisotopic (exact) mass is 402 g/mol. The van der Waals surface area contributed by atoms with E-state index in [0.29, 0.717) is 59.3 Å². The third-order valence-corrected chi connectivity index (χ3v) is 4.18. The first kappa shape index (κ1) is 26.9. The third-order valence-electron chi connectivity index (χ3n) is 4.18. The van der Waals surface area contributed by atoms with E-state index >= 15 is 0 Å².